The van der Waals surface area contributed by atoms with E-state index < -0.39 is 11.6 Å². The molecule has 3 N–H and O–H groups in total. The second kappa shape index (κ2) is 9.53. The van der Waals surface area contributed by atoms with Crippen LogP contribution in [0, 0.1) is 23.0 Å². The van der Waals surface area contributed by atoms with Gasteiger partial charge in [-0.3, -0.25) is 4.79 Å². The lowest BCUT2D eigenvalue weighted by Crippen LogP contribution is -2.31. The van der Waals surface area contributed by atoms with Gasteiger partial charge in [-0.2, -0.15) is 5.26 Å². The Bertz CT molecular complexity index is 1520. The number of aliphatic hydroxyl groups is 1. The van der Waals surface area contributed by atoms with E-state index in [0.717, 1.165) is 11.8 Å². The number of amides is 1. The van der Waals surface area contributed by atoms with E-state index in [2.05, 4.69) is 0 Å². The largest absolute Gasteiger partial charge is 0.395 e. The van der Waals surface area contributed by atoms with Crippen molar-refractivity contribution in [2.24, 2.45) is 5.73 Å². The van der Waals surface area contributed by atoms with Crippen LogP contribution in [-0.4, -0.2) is 46.2 Å². The maximum absolute atomic E-state index is 15.5. The lowest BCUT2D eigenvalue weighted by atomic mass is 9.91. The van der Waals surface area contributed by atoms with Crippen LogP contribution in [0.2, 0.25) is 0 Å². The number of benzene rings is 3. The maximum Gasteiger partial charge on any atom is 0.253 e. The zero-order valence-electron chi connectivity index (χ0n) is 19.4. The van der Waals surface area contributed by atoms with Crippen LogP contribution in [0.3, 0.4) is 0 Å². The standard InChI is InChI=1S/C28H24F2N4O2/c29-25-13-17(1-2-20(25)15-31)23-12-19(28(36)34-8-6-21(32)16-34)3-4-22(23)24-11-18-5-7-33(9-10-35)27(18)14-26(24)30/h1-5,7,11-14,21,35H,6,8-10,16,32H2/t21-/m0/s1. The molecule has 1 saturated heterocycles. The van der Waals surface area contributed by atoms with E-state index in [9.17, 15) is 14.3 Å². The molecule has 1 aliphatic heterocycles. The molecule has 3 aromatic carbocycles. The van der Waals surface area contributed by atoms with Gasteiger partial charge in [-0.25, -0.2) is 8.78 Å². The average Bonchev–Trinajstić information content (AvgIpc) is 3.49. The molecule has 0 spiro atoms. The van der Waals surface area contributed by atoms with Gasteiger partial charge in [0.15, 0.2) is 0 Å². The van der Waals surface area contributed by atoms with Crippen LogP contribution in [0.15, 0.2) is 60.8 Å². The van der Waals surface area contributed by atoms with Gasteiger partial charge in [0.05, 0.1) is 17.7 Å². The van der Waals surface area contributed by atoms with Crippen molar-refractivity contribution in [3.05, 3.63) is 83.6 Å². The molecule has 6 nitrogen and oxygen atoms in total. The minimum Gasteiger partial charge on any atom is -0.395 e. The second-order valence-corrected chi connectivity index (χ2v) is 8.99. The van der Waals surface area contributed by atoms with E-state index in [0.29, 0.717) is 53.0 Å². The van der Waals surface area contributed by atoms with Crippen molar-refractivity contribution in [3.63, 3.8) is 0 Å². The van der Waals surface area contributed by atoms with E-state index in [1.54, 1.807) is 52.1 Å². The zero-order valence-corrected chi connectivity index (χ0v) is 19.4. The number of fused-ring (bicyclic) bond motifs is 1. The normalized spacial score (nSPS) is 15.4. The third kappa shape index (κ3) is 4.24. The predicted molar refractivity (Wildman–Crippen MR) is 133 cm³/mol. The Morgan fingerprint density at radius 3 is 2.58 bits per heavy atom. The van der Waals surface area contributed by atoms with Crippen LogP contribution < -0.4 is 5.73 Å². The van der Waals surface area contributed by atoms with E-state index in [4.69, 9.17) is 11.0 Å². The molecule has 1 aromatic heterocycles. The lowest BCUT2D eigenvalue weighted by Gasteiger charge is -2.18. The van der Waals surface area contributed by atoms with Gasteiger partial charge in [0.25, 0.3) is 5.91 Å². The van der Waals surface area contributed by atoms with Crippen LogP contribution in [0.5, 0.6) is 0 Å². The Hall–Kier alpha value is -4.06. The third-order valence-corrected chi connectivity index (χ3v) is 6.67. The first-order valence-electron chi connectivity index (χ1n) is 11.7. The topological polar surface area (TPSA) is 95.3 Å². The Kier molecular flexibility index (Phi) is 6.27. The minimum atomic E-state index is -0.694. The summed E-state index contributed by atoms with van der Waals surface area (Å²) in [7, 11) is 0. The number of halogens is 2. The van der Waals surface area contributed by atoms with Crippen molar-refractivity contribution >= 4 is 16.8 Å². The minimum absolute atomic E-state index is 0.0701. The number of rotatable bonds is 5. The van der Waals surface area contributed by atoms with Crippen LogP contribution >= 0.6 is 0 Å². The van der Waals surface area contributed by atoms with Gasteiger partial charge in [-0.15, -0.1) is 0 Å². The molecule has 1 aliphatic rings. The molecular weight excluding hydrogens is 462 g/mol. The number of aliphatic hydroxyl groups excluding tert-OH is 1. The van der Waals surface area contributed by atoms with Gasteiger partial charge >= 0.3 is 0 Å². The van der Waals surface area contributed by atoms with Crippen LogP contribution in [0.1, 0.15) is 22.3 Å². The number of carbonyl (C=O) groups excluding carboxylic acids is 1. The second-order valence-electron chi connectivity index (χ2n) is 8.99. The summed E-state index contributed by atoms with van der Waals surface area (Å²) in [6.45, 7) is 1.28. The fraction of sp³-hybridized carbons (Fsp3) is 0.214. The molecule has 1 atom stereocenters. The molecule has 36 heavy (non-hydrogen) atoms. The molecule has 5 rings (SSSR count). The van der Waals surface area contributed by atoms with Gasteiger partial charge < -0.3 is 20.3 Å². The van der Waals surface area contributed by atoms with Crippen LogP contribution in [0.4, 0.5) is 8.78 Å². The predicted octanol–water partition coefficient (Wildman–Crippen LogP) is 4.29. The summed E-state index contributed by atoms with van der Waals surface area (Å²) in [6, 6.07) is 15.8. The summed E-state index contributed by atoms with van der Waals surface area (Å²) in [5.41, 5.74) is 8.59. The van der Waals surface area contributed by atoms with Gasteiger partial charge in [0.2, 0.25) is 0 Å². The highest BCUT2D eigenvalue weighted by atomic mass is 19.1. The fourth-order valence-electron chi connectivity index (χ4n) is 4.80. The Morgan fingerprint density at radius 1 is 1.06 bits per heavy atom. The number of nitriles is 1. The van der Waals surface area contributed by atoms with Crippen LogP contribution in [0.25, 0.3) is 33.2 Å². The summed E-state index contributed by atoms with van der Waals surface area (Å²) < 4.78 is 31.8. The number of hydrogen-bond acceptors (Lipinski definition) is 4. The number of nitrogens with zero attached hydrogens (tertiary/aromatic N) is 3. The van der Waals surface area contributed by atoms with Crippen molar-refractivity contribution in [3.8, 4) is 28.3 Å². The van der Waals surface area contributed by atoms with Gasteiger partial charge in [0.1, 0.15) is 17.7 Å². The number of nitrogens with two attached hydrogens (primary N) is 1. The summed E-state index contributed by atoms with van der Waals surface area (Å²) in [6.07, 6.45) is 2.50. The Balaban J connectivity index is 1.66. The molecule has 182 valence electrons. The maximum atomic E-state index is 15.5. The van der Waals surface area contributed by atoms with Gasteiger partial charge in [0, 0.05) is 48.4 Å². The van der Waals surface area contributed by atoms with Crippen molar-refractivity contribution in [1.29, 1.82) is 5.26 Å². The SMILES string of the molecule is N#Cc1ccc(-c2cc(C(=O)N3CC[C@H](N)C3)ccc2-c2cc3ccn(CCO)c3cc2F)cc1F. The average molecular weight is 487 g/mol. The third-order valence-electron chi connectivity index (χ3n) is 6.67. The number of hydrogen-bond donors (Lipinski definition) is 2. The van der Waals surface area contributed by atoms with Crippen LogP contribution in [-0.2, 0) is 6.54 Å². The van der Waals surface area contributed by atoms with E-state index in [-0.39, 0.29) is 24.1 Å². The molecule has 0 aliphatic carbocycles. The Labute approximate surface area is 206 Å². The highest BCUT2D eigenvalue weighted by Crippen LogP contribution is 2.37. The smallest absolute Gasteiger partial charge is 0.253 e. The van der Waals surface area contributed by atoms with Crippen molar-refractivity contribution in [2.75, 3.05) is 19.7 Å². The number of likely N-dealkylation sites (tertiary alicyclic amines) is 1. The number of carbonyl (C=O) groups is 1. The lowest BCUT2D eigenvalue weighted by molar-refractivity contribution is 0.0791. The fourth-order valence-corrected chi connectivity index (χ4v) is 4.80. The van der Waals surface area contributed by atoms with E-state index in [1.807, 2.05) is 6.07 Å². The summed E-state index contributed by atoms with van der Waals surface area (Å²) >= 11 is 0. The first kappa shape index (κ1) is 23.7. The van der Waals surface area contributed by atoms with Crippen molar-refractivity contribution < 1.29 is 18.7 Å². The molecule has 4 aromatic rings. The van der Waals surface area contributed by atoms with E-state index >= 15 is 4.39 Å². The van der Waals surface area contributed by atoms with E-state index in [1.165, 1.54) is 18.2 Å². The van der Waals surface area contributed by atoms with Gasteiger partial charge in [-0.05, 0) is 65.6 Å². The monoisotopic (exact) mass is 486 g/mol. The quantitative estimate of drug-likeness (QED) is 0.440. The first-order valence-corrected chi connectivity index (χ1v) is 11.7. The van der Waals surface area contributed by atoms with Crippen molar-refractivity contribution in [1.82, 2.24) is 9.47 Å². The summed E-state index contributed by atoms with van der Waals surface area (Å²) in [5, 5.41) is 19.2. The van der Waals surface area contributed by atoms with Gasteiger partial charge in [-0.1, -0.05) is 12.1 Å². The molecule has 0 saturated carbocycles. The first-order chi connectivity index (χ1) is 17.4. The Morgan fingerprint density at radius 2 is 1.89 bits per heavy atom. The molecule has 0 bridgehead atoms. The molecule has 1 amide bonds. The van der Waals surface area contributed by atoms with Crippen molar-refractivity contribution in [2.45, 2.75) is 19.0 Å². The molecule has 1 fully saturated rings. The summed E-state index contributed by atoms with van der Waals surface area (Å²) in [5.74, 6) is -1.37. The molecule has 2 heterocycles. The number of aromatic nitrogens is 1. The molecule has 0 unspecified atom stereocenters. The molecule has 0 radical (unpaired) electrons. The zero-order chi connectivity index (χ0) is 25.4. The summed E-state index contributed by atoms with van der Waals surface area (Å²) in [4.78, 5) is 14.8. The highest BCUT2D eigenvalue weighted by Gasteiger charge is 2.26. The molecule has 8 heteroatoms. The molecular formula is C28H24F2N4O2. The highest BCUT2D eigenvalue weighted by molar-refractivity contribution is 5.99.